The molecule has 0 unspecified atom stereocenters. The fourth-order valence-corrected chi connectivity index (χ4v) is 2.63. The van der Waals surface area contributed by atoms with Crippen molar-refractivity contribution < 1.29 is 14.3 Å². The molecule has 7 nitrogen and oxygen atoms in total. The lowest BCUT2D eigenvalue weighted by Gasteiger charge is -2.13. The quantitative estimate of drug-likeness (QED) is 0.650. The number of ether oxygens (including phenoxy) is 1. The maximum absolute atomic E-state index is 12.2. The van der Waals surface area contributed by atoms with Gasteiger partial charge in [-0.1, -0.05) is 36.4 Å². The molecule has 1 heterocycles. The molecule has 27 heavy (non-hydrogen) atoms. The van der Waals surface area contributed by atoms with Crippen LogP contribution in [0.25, 0.3) is 11.0 Å². The molecule has 140 valence electrons. The smallest absolute Gasteiger partial charge is 0.338 e. The van der Waals surface area contributed by atoms with Crippen molar-refractivity contribution in [2.24, 2.45) is 0 Å². The second kappa shape index (κ2) is 8.44. The van der Waals surface area contributed by atoms with Crippen LogP contribution in [-0.4, -0.2) is 39.5 Å². The Balaban J connectivity index is 1.63. The predicted molar refractivity (Wildman–Crippen MR) is 101 cm³/mol. The molecule has 1 N–H and O–H groups in total. The molecule has 0 spiro atoms. The van der Waals surface area contributed by atoms with Crippen molar-refractivity contribution in [1.29, 1.82) is 0 Å². The molecule has 0 aliphatic heterocycles. The maximum Gasteiger partial charge on any atom is 0.338 e. The van der Waals surface area contributed by atoms with E-state index in [4.69, 9.17) is 4.74 Å². The molecule has 3 rings (SSSR count). The number of carbonyl (C=O) groups excluding carboxylic acids is 2. The van der Waals surface area contributed by atoms with Gasteiger partial charge in [0.15, 0.2) is 6.10 Å². The van der Waals surface area contributed by atoms with E-state index >= 15 is 0 Å². The molecule has 7 heteroatoms. The molecule has 0 bridgehead atoms. The van der Waals surface area contributed by atoms with Crippen LogP contribution in [0.2, 0.25) is 0 Å². The Hall–Kier alpha value is -3.22. The van der Waals surface area contributed by atoms with Crippen molar-refractivity contribution in [3.8, 4) is 0 Å². The molecule has 0 aliphatic rings. The standard InChI is InChI=1S/C20H22N4O3/c1-3-12-21-19(25)14(2)27-20(26)16-10-8-15(9-11-16)13-24-18-7-5-4-6-17(18)22-23-24/h4-11,14H,3,12-13H2,1-2H3,(H,21,25)/t14-/m1/s1. The van der Waals surface area contributed by atoms with Crippen molar-refractivity contribution in [3.63, 3.8) is 0 Å². The van der Waals surface area contributed by atoms with Crippen molar-refractivity contribution in [3.05, 3.63) is 59.7 Å². The van der Waals surface area contributed by atoms with E-state index in [1.54, 1.807) is 19.1 Å². The van der Waals surface area contributed by atoms with Crippen LogP contribution in [0.1, 0.15) is 36.2 Å². The van der Waals surface area contributed by atoms with E-state index < -0.39 is 12.1 Å². The van der Waals surface area contributed by atoms with Gasteiger partial charge in [-0.15, -0.1) is 5.10 Å². The van der Waals surface area contributed by atoms with Gasteiger partial charge in [0.05, 0.1) is 17.6 Å². The molecule has 1 atom stereocenters. The summed E-state index contributed by atoms with van der Waals surface area (Å²) < 4.78 is 7.03. The van der Waals surface area contributed by atoms with Crippen LogP contribution in [0.4, 0.5) is 0 Å². The number of fused-ring (bicyclic) bond motifs is 1. The van der Waals surface area contributed by atoms with Gasteiger partial charge in [0.2, 0.25) is 0 Å². The van der Waals surface area contributed by atoms with Gasteiger partial charge < -0.3 is 10.1 Å². The highest BCUT2D eigenvalue weighted by molar-refractivity contribution is 5.92. The Morgan fingerprint density at radius 3 is 2.63 bits per heavy atom. The summed E-state index contributed by atoms with van der Waals surface area (Å²) in [5.74, 6) is -0.813. The maximum atomic E-state index is 12.2. The van der Waals surface area contributed by atoms with Gasteiger partial charge >= 0.3 is 5.97 Å². The number of carbonyl (C=O) groups is 2. The summed E-state index contributed by atoms with van der Waals surface area (Å²) in [5.41, 5.74) is 3.18. The number of esters is 1. The number of benzene rings is 2. The third-order valence-corrected chi connectivity index (χ3v) is 4.14. The van der Waals surface area contributed by atoms with Gasteiger partial charge in [0.25, 0.3) is 5.91 Å². The second-order valence-corrected chi connectivity index (χ2v) is 6.27. The summed E-state index contributed by atoms with van der Waals surface area (Å²) in [6.07, 6.45) is -0.000181. The average Bonchev–Trinajstić information content (AvgIpc) is 3.09. The van der Waals surface area contributed by atoms with Crippen LogP contribution in [0.5, 0.6) is 0 Å². The Morgan fingerprint density at radius 1 is 1.15 bits per heavy atom. The molecule has 2 aromatic carbocycles. The van der Waals surface area contributed by atoms with Gasteiger partial charge in [-0.3, -0.25) is 4.79 Å². The molecular formula is C20H22N4O3. The fourth-order valence-electron chi connectivity index (χ4n) is 2.63. The molecule has 0 fully saturated rings. The number of nitrogens with one attached hydrogen (secondary N) is 1. The Morgan fingerprint density at radius 2 is 1.89 bits per heavy atom. The van der Waals surface area contributed by atoms with E-state index in [1.165, 1.54) is 0 Å². The van der Waals surface area contributed by atoms with Crippen LogP contribution < -0.4 is 5.32 Å². The minimum Gasteiger partial charge on any atom is -0.449 e. The minimum atomic E-state index is -0.828. The van der Waals surface area contributed by atoms with Gasteiger partial charge in [0.1, 0.15) is 5.52 Å². The first-order chi connectivity index (χ1) is 13.1. The zero-order chi connectivity index (χ0) is 19.2. The first-order valence-electron chi connectivity index (χ1n) is 8.94. The van der Waals surface area contributed by atoms with Crippen molar-refractivity contribution in [1.82, 2.24) is 20.3 Å². The summed E-state index contributed by atoms with van der Waals surface area (Å²) in [6.45, 7) is 4.63. The van der Waals surface area contributed by atoms with E-state index in [0.29, 0.717) is 18.7 Å². The molecule has 1 aromatic heterocycles. The summed E-state index contributed by atoms with van der Waals surface area (Å²) in [7, 11) is 0. The van der Waals surface area contributed by atoms with E-state index in [1.807, 2.05) is 48.0 Å². The Labute approximate surface area is 157 Å². The van der Waals surface area contributed by atoms with Gasteiger partial charge in [0, 0.05) is 6.54 Å². The number of hydrogen-bond donors (Lipinski definition) is 1. The SMILES string of the molecule is CCCNC(=O)[C@@H](C)OC(=O)c1ccc(Cn2nnc3ccccc32)cc1. The number of nitrogens with zero attached hydrogens (tertiary/aromatic N) is 3. The number of rotatable bonds is 7. The van der Waals surface area contributed by atoms with E-state index in [-0.39, 0.29) is 5.91 Å². The predicted octanol–water partition coefficient (Wildman–Crippen LogP) is 2.55. The zero-order valence-corrected chi connectivity index (χ0v) is 15.4. The number of para-hydroxylation sites is 1. The molecule has 0 saturated carbocycles. The molecule has 0 aliphatic carbocycles. The summed E-state index contributed by atoms with van der Waals surface area (Å²) in [5, 5.41) is 11.0. The third kappa shape index (κ3) is 4.49. The lowest BCUT2D eigenvalue weighted by Crippen LogP contribution is -2.36. The first-order valence-corrected chi connectivity index (χ1v) is 8.94. The summed E-state index contributed by atoms with van der Waals surface area (Å²) in [4.78, 5) is 24.0. The second-order valence-electron chi connectivity index (χ2n) is 6.27. The summed E-state index contributed by atoms with van der Waals surface area (Å²) in [6, 6.07) is 14.8. The van der Waals surface area contributed by atoms with Crippen molar-refractivity contribution >= 4 is 22.9 Å². The lowest BCUT2D eigenvalue weighted by molar-refractivity contribution is -0.129. The molecule has 0 radical (unpaired) electrons. The number of aromatic nitrogens is 3. The van der Waals surface area contributed by atoms with E-state index in [0.717, 1.165) is 23.0 Å². The third-order valence-electron chi connectivity index (χ3n) is 4.14. The number of hydrogen-bond acceptors (Lipinski definition) is 5. The monoisotopic (exact) mass is 366 g/mol. The highest BCUT2D eigenvalue weighted by atomic mass is 16.5. The first kappa shape index (κ1) is 18.6. The van der Waals surface area contributed by atoms with Crippen molar-refractivity contribution in [2.75, 3.05) is 6.54 Å². The highest BCUT2D eigenvalue weighted by Crippen LogP contribution is 2.13. The van der Waals surface area contributed by atoms with Crippen LogP contribution >= 0.6 is 0 Å². The van der Waals surface area contributed by atoms with Crippen LogP contribution in [-0.2, 0) is 16.1 Å². The largest absolute Gasteiger partial charge is 0.449 e. The van der Waals surface area contributed by atoms with Gasteiger partial charge in [-0.05, 0) is 43.2 Å². The Bertz CT molecular complexity index is 934. The topological polar surface area (TPSA) is 86.1 Å². The van der Waals surface area contributed by atoms with Gasteiger partial charge in [-0.25, -0.2) is 9.48 Å². The zero-order valence-electron chi connectivity index (χ0n) is 15.4. The minimum absolute atomic E-state index is 0.292. The normalized spacial score (nSPS) is 11.9. The molecule has 0 saturated heterocycles. The molecule has 1 amide bonds. The van der Waals surface area contributed by atoms with E-state index in [9.17, 15) is 9.59 Å². The van der Waals surface area contributed by atoms with Crippen LogP contribution in [0, 0.1) is 0 Å². The number of amides is 1. The van der Waals surface area contributed by atoms with Crippen LogP contribution in [0.15, 0.2) is 48.5 Å². The molecular weight excluding hydrogens is 344 g/mol. The van der Waals surface area contributed by atoms with Crippen molar-refractivity contribution in [2.45, 2.75) is 32.9 Å². The summed E-state index contributed by atoms with van der Waals surface area (Å²) >= 11 is 0. The highest BCUT2D eigenvalue weighted by Gasteiger charge is 2.18. The van der Waals surface area contributed by atoms with E-state index in [2.05, 4.69) is 15.6 Å². The average molecular weight is 366 g/mol. The fraction of sp³-hybridized carbons (Fsp3) is 0.300. The Kier molecular flexibility index (Phi) is 5.80. The lowest BCUT2D eigenvalue weighted by atomic mass is 10.1. The van der Waals surface area contributed by atoms with Gasteiger partial charge in [-0.2, -0.15) is 0 Å². The molecule has 3 aromatic rings. The van der Waals surface area contributed by atoms with Crippen LogP contribution in [0.3, 0.4) is 0 Å².